The smallest absolute Gasteiger partial charge is 0.344 e. The molecule has 86 valence electrons. The van der Waals surface area contributed by atoms with Gasteiger partial charge in [-0.2, -0.15) is 0 Å². The van der Waals surface area contributed by atoms with Gasteiger partial charge in [0, 0.05) is 0 Å². The van der Waals surface area contributed by atoms with Crippen molar-refractivity contribution in [1.29, 1.82) is 0 Å². The largest absolute Gasteiger partial charge is 0.479 e. The number of carboxylic acid groups (broad SMARTS) is 1. The van der Waals surface area contributed by atoms with E-state index in [0.29, 0.717) is 0 Å². The highest BCUT2D eigenvalue weighted by Crippen LogP contribution is 2.28. The maximum atomic E-state index is 10.2. The van der Waals surface area contributed by atoms with Crippen LogP contribution in [0.4, 0.5) is 0 Å². The number of nitrogens with zero attached hydrogens (tertiary/aromatic N) is 1. The number of carboxylic acids is 1. The summed E-state index contributed by atoms with van der Waals surface area (Å²) in [6.07, 6.45) is 4.19. The highest BCUT2D eigenvalue weighted by atomic mass is 16.6. The van der Waals surface area contributed by atoms with E-state index < -0.39 is 5.97 Å². The number of oxime groups is 1. The van der Waals surface area contributed by atoms with Crippen LogP contribution in [0.1, 0.15) is 39.5 Å². The Balaban J connectivity index is 2.27. The SMILES string of the molecule is CC(C)C1CCC(=NOCC(=O)O)CC1. The average molecular weight is 213 g/mol. The van der Waals surface area contributed by atoms with Crippen molar-refractivity contribution in [1.82, 2.24) is 0 Å². The van der Waals surface area contributed by atoms with Crippen LogP contribution in [-0.4, -0.2) is 23.4 Å². The van der Waals surface area contributed by atoms with Gasteiger partial charge in [-0.1, -0.05) is 19.0 Å². The molecule has 0 bridgehead atoms. The minimum Gasteiger partial charge on any atom is -0.479 e. The quantitative estimate of drug-likeness (QED) is 0.729. The van der Waals surface area contributed by atoms with Gasteiger partial charge in [-0.25, -0.2) is 4.79 Å². The topological polar surface area (TPSA) is 58.9 Å². The number of carbonyl (C=O) groups is 1. The van der Waals surface area contributed by atoms with Gasteiger partial charge >= 0.3 is 5.97 Å². The third-order valence-corrected chi connectivity index (χ3v) is 2.93. The van der Waals surface area contributed by atoms with E-state index in [9.17, 15) is 4.79 Å². The van der Waals surface area contributed by atoms with E-state index in [2.05, 4.69) is 19.0 Å². The molecule has 1 aliphatic carbocycles. The van der Waals surface area contributed by atoms with Crippen molar-refractivity contribution >= 4 is 11.7 Å². The first kappa shape index (κ1) is 12.0. The summed E-state index contributed by atoms with van der Waals surface area (Å²) in [6, 6.07) is 0. The summed E-state index contributed by atoms with van der Waals surface area (Å²) in [7, 11) is 0. The van der Waals surface area contributed by atoms with Crippen molar-refractivity contribution < 1.29 is 14.7 Å². The predicted octanol–water partition coefficient (Wildman–Crippen LogP) is 2.29. The number of hydrogen-bond acceptors (Lipinski definition) is 3. The van der Waals surface area contributed by atoms with Crippen LogP contribution in [0.25, 0.3) is 0 Å². The van der Waals surface area contributed by atoms with Gasteiger partial charge in [0.25, 0.3) is 0 Å². The molecule has 4 heteroatoms. The lowest BCUT2D eigenvalue weighted by Gasteiger charge is -2.25. The molecule has 4 nitrogen and oxygen atoms in total. The Morgan fingerprint density at radius 1 is 1.53 bits per heavy atom. The first-order chi connectivity index (χ1) is 7.09. The van der Waals surface area contributed by atoms with Crippen molar-refractivity contribution in [3.8, 4) is 0 Å². The molecule has 0 saturated heterocycles. The monoisotopic (exact) mass is 213 g/mol. The predicted molar refractivity (Wildman–Crippen MR) is 57.8 cm³/mol. The fraction of sp³-hybridized carbons (Fsp3) is 0.818. The average Bonchev–Trinajstić information content (AvgIpc) is 2.18. The van der Waals surface area contributed by atoms with E-state index in [4.69, 9.17) is 9.94 Å². The lowest BCUT2D eigenvalue weighted by atomic mass is 9.81. The molecule has 0 amide bonds. The highest BCUT2D eigenvalue weighted by molar-refractivity contribution is 5.84. The second kappa shape index (κ2) is 5.73. The van der Waals surface area contributed by atoms with Crippen LogP contribution in [0.2, 0.25) is 0 Å². The third kappa shape index (κ3) is 4.32. The maximum absolute atomic E-state index is 10.2. The Hall–Kier alpha value is -1.06. The van der Waals surface area contributed by atoms with Gasteiger partial charge in [0.15, 0.2) is 0 Å². The fourth-order valence-electron chi connectivity index (χ4n) is 1.91. The minimum absolute atomic E-state index is 0.336. The van der Waals surface area contributed by atoms with Crippen LogP contribution in [0.15, 0.2) is 5.16 Å². The van der Waals surface area contributed by atoms with E-state index in [0.717, 1.165) is 43.2 Å². The highest BCUT2D eigenvalue weighted by Gasteiger charge is 2.20. The number of aliphatic carboxylic acids is 1. The van der Waals surface area contributed by atoms with Gasteiger partial charge < -0.3 is 9.94 Å². The lowest BCUT2D eigenvalue weighted by molar-refractivity contribution is -0.142. The standard InChI is InChI=1S/C11H19NO3/c1-8(2)9-3-5-10(6-4-9)12-15-7-11(13)14/h8-9H,3-7H2,1-2H3,(H,13,14). The summed E-state index contributed by atoms with van der Waals surface area (Å²) < 4.78 is 0. The van der Waals surface area contributed by atoms with Gasteiger partial charge in [0.2, 0.25) is 6.61 Å². The molecular weight excluding hydrogens is 194 g/mol. The molecule has 1 saturated carbocycles. The summed E-state index contributed by atoms with van der Waals surface area (Å²) >= 11 is 0. The minimum atomic E-state index is -0.977. The van der Waals surface area contributed by atoms with Gasteiger partial charge in [-0.15, -0.1) is 0 Å². The molecule has 0 aromatic carbocycles. The second-order valence-corrected chi connectivity index (χ2v) is 4.41. The molecule has 1 fully saturated rings. The molecular formula is C11H19NO3. The van der Waals surface area contributed by atoms with Crippen molar-refractivity contribution in [3.63, 3.8) is 0 Å². The molecule has 0 aromatic rings. The zero-order valence-electron chi connectivity index (χ0n) is 9.40. The van der Waals surface area contributed by atoms with E-state index in [1.807, 2.05) is 0 Å². The summed E-state index contributed by atoms with van der Waals surface area (Å²) in [5, 5.41) is 12.2. The number of hydrogen-bond donors (Lipinski definition) is 1. The van der Waals surface area contributed by atoms with Crippen molar-refractivity contribution in [2.45, 2.75) is 39.5 Å². The van der Waals surface area contributed by atoms with E-state index in [1.54, 1.807) is 0 Å². The zero-order valence-corrected chi connectivity index (χ0v) is 9.40. The van der Waals surface area contributed by atoms with Crippen LogP contribution in [0, 0.1) is 11.8 Å². The molecule has 1 rings (SSSR count). The number of rotatable bonds is 4. The van der Waals surface area contributed by atoms with Crippen molar-refractivity contribution in [2.75, 3.05) is 6.61 Å². The third-order valence-electron chi connectivity index (χ3n) is 2.93. The molecule has 1 N–H and O–H groups in total. The van der Waals surface area contributed by atoms with E-state index >= 15 is 0 Å². The second-order valence-electron chi connectivity index (χ2n) is 4.41. The van der Waals surface area contributed by atoms with E-state index in [-0.39, 0.29) is 6.61 Å². The van der Waals surface area contributed by atoms with Gasteiger partial charge in [-0.3, -0.25) is 0 Å². The first-order valence-corrected chi connectivity index (χ1v) is 5.49. The fourth-order valence-corrected chi connectivity index (χ4v) is 1.91. The van der Waals surface area contributed by atoms with Crippen molar-refractivity contribution in [3.05, 3.63) is 0 Å². The molecule has 0 aliphatic heterocycles. The zero-order chi connectivity index (χ0) is 11.3. The Kier molecular flexibility index (Phi) is 4.59. The van der Waals surface area contributed by atoms with Crippen LogP contribution < -0.4 is 0 Å². The normalized spacial score (nSPS) is 21.5. The molecule has 0 unspecified atom stereocenters. The Labute approximate surface area is 90.3 Å². The summed E-state index contributed by atoms with van der Waals surface area (Å²) in [5.41, 5.74) is 1.01. The molecule has 1 aliphatic rings. The summed E-state index contributed by atoms with van der Waals surface area (Å²) in [4.78, 5) is 14.9. The molecule has 0 aromatic heterocycles. The van der Waals surface area contributed by atoms with E-state index in [1.165, 1.54) is 0 Å². The van der Waals surface area contributed by atoms with Gasteiger partial charge in [0.05, 0.1) is 5.71 Å². The van der Waals surface area contributed by atoms with Crippen LogP contribution in [0.5, 0.6) is 0 Å². The maximum Gasteiger partial charge on any atom is 0.344 e. The van der Waals surface area contributed by atoms with Crippen LogP contribution in [0.3, 0.4) is 0 Å². The molecule has 0 radical (unpaired) electrons. The Bertz CT molecular complexity index is 238. The lowest BCUT2D eigenvalue weighted by Crippen LogP contribution is -2.19. The summed E-state index contributed by atoms with van der Waals surface area (Å²) in [6.45, 7) is 4.15. The molecule has 0 heterocycles. The van der Waals surface area contributed by atoms with Crippen molar-refractivity contribution in [2.24, 2.45) is 17.0 Å². The molecule has 15 heavy (non-hydrogen) atoms. The van der Waals surface area contributed by atoms with Crippen LogP contribution >= 0.6 is 0 Å². The summed E-state index contributed by atoms with van der Waals surface area (Å²) in [5.74, 6) is 0.533. The first-order valence-electron chi connectivity index (χ1n) is 5.49. The Morgan fingerprint density at radius 3 is 2.60 bits per heavy atom. The molecule has 0 spiro atoms. The van der Waals surface area contributed by atoms with Crippen LogP contribution in [-0.2, 0) is 9.63 Å². The van der Waals surface area contributed by atoms with Gasteiger partial charge in [-0.05, 0) is 37.5 Å². The van der Waals surface area contributed by atoms with Gasteiger partial charge in [0.1, 0.15) is 0 Å². The molecule has 0 atom stereocenters. The Morgan fingerprint density at radius 2 is 2.13 bits per heavy atom.